The summed E-state index contributed by atoms with van der Waals surface area (Å²) < 4.78 is 27.4. The molecule has 8 heteroatoms. The molecule has 1 atom stereocenters. The van der Waals surface area contributed by atoms with Gasteiger partial charge in [0.15, 0.2) is 5.84 Å². The molecule has 1 fully saturated rings. The van der Waals surface area contributed by atoms with Crippen molar-refractivity contribution in [1.82, 2.24) is 9.03 Å². The lowest BCUT2D eigenvalue weighted by molar-refractivity contribution is 0.311. The molecule has 1 aliphatic heterocycles. The van der Waals surface area contributed by atoms with Crippen molar-refractivity contribution in [3.05, 3.63) is 0 Å². The lowest BCUT2D eigenvalue weighted by Gasteiger charge is -2.22. The standard InChI is InChI=1S/C8H18N4O3S/c1-2-5-10-16(14,15)12-6-3-4-7(12)8(9)11-13/h7,10,13H,2-6H2,1H3,(H2,9,11). The van der Waals surface area contributed by atoms with Crippen molar-refractivity contribution in [2.45, 2.75) is 32.2 Å². The van der Waals surface area contributed by atoms with Gasteiger partial charge < -0.3 is 10.9 Å². The fourth-order valence-electron chi connectivity index (χ4n) is 1.70. The third kappa shape index (κ3) is 2.83. The van der Waals surface area contributed by atoms with E-state index in [0.717, 1.165) is 6.42 Å². The van der Waals surface area contributed by atoms with Crippen LogP contribution in [0.15, 0.2) is 5.16 Å². The van der Waals surface area contributed by atoms with Gasteiger partial charge in [0.25, 0.3) is 10.2 Å². The first kappa shape index (κ1) is 13.2. The zero-order chi connectivity index (χ0) is 12.2. The lowest BCUT2D eigenvalue weighted by Crippen LogP contribution is -2.48. The van der Waals surface area contributed by atoms with Gasteiger partial charge in [-0.1, -0.05) is 12.1 Å². The summed E-state index contributed by atoms with van der Waals surface area (Å²) in [5, 5.41) is 11.5. The van der Waals surface area contributed by atoms with Crippen LogP contribution in [0.3, 0.4) is 0 Å². The molecule has 16 heavy (non-hydrogen) atoms. The molecule has 1 unspecified atom stereocenters. The normalized spacial score (nSPS) is 23.8. The maximum Gasteiger partial charge on any atom is 0.280 e. The fraction of sp³-hybridized carbons (Fsp3) is 0.875. The van der Waals surface area contributed by atoms with Crippen LogP contribution in [0.4, 0.5) is 0 Å². The summed E-state index contributed by atoms with van der Waals surface area (Å²) in [7, 11) is -3.52. The van der Waals surface area contributed by atoms with Crippen molar-refractivity contribution in [1.29, 1.82) is 0 Å². The summed E-state index contributed by atoms with van der Waals surface area (Å²) in [6.07, 6.45) is 2.03. The number of nitrogens with two attached hydrogens (primary N) is 1. The maximum absolute atomic E-state index is 11.8. The van der Waals surface area contributed by atoms with E-state index in [9.17, 15) is 8.42 Å². The Balaban J connectivity index is 2.78. The van der Waals surface area contributed by atoms with Gasteiger partial charge in [-0.2, -0.15) is 12.7 Å². The van der Waals surface area contributed by atoms with Gasteiger partial charge in [0.05, 0.1) is 6.04 Å². The van der Waals surface area contributed by atoms with Crippen LogP contribution in [0.25, 0.3) is 0 Å². The van der Waals surface area contributed by atoms with Crippen LogP contribution in [0, 0.1) is 0 Å². The van der Waals surface area contributed by atoms with Gasteiger partial charge in [0, 0.05) is 13.1 Å². The molecule has 0 bridgehead atoms. The van der Waals surface area contributed by atoms with Crippen LogP contribution in [0.1, 0.15) is 26.2 Å². The molecule has 94 valence electrons. The molecule has 4 N–H and O–H groups in total. The van der Waals surface area contributed by atoms with E-state index in [1.807, 2.05) is 6.92 Å². The van der Waals surface area contributed by atoms with Crippen LogP contribution in [-0.2, 0) is 10.2 Å². The molecule has 0 amide bonds. The topological polar surface area (TPSA) is 108 Å². The Labute approximate surface area is 95.5 Å². The van der Waals surface area contributed by atoms with Crippen LogP contribution in [-0.4, -0.2) is 42.9 Å². The van der Waals surface area contributed by atoms with E-state index in [-0.39, 0.29) is 5.84 Å². The highest BCUT2D eigenvalue weighted by Crippen LogP contribution is 2.20. The van der Waals surface area contributed by atoms with E-state index in [4.69, 9.17) is 10.9 Å². The summed E-state index contributed by atoms with van der Waals surface area (Å²) in [4.78, 5) is 0. The van der Waals surface area contributed by atoms with Crippen LogP contribution in [0.5, 0.6) is 0 Å². The number of rotatable bonds is 5. The number of oxime groups is 1. The van der Waals surface area contributed by atoms with Crippen molar-refractivity contribution < 1.29 is 13.6 Å². The Morgan fingerprint density at radius 3 is 2.94 bits per heavy atom. The zero-order valence-corrected chi connectivity index (χ0v) is 10.1. The third-order valence-electron chi connectivity index (χ3n) is 2.50. The number of amidine groups is 1. The second-order valence-electron chi connectivity index (χ2n) is 3.69. The Hall–Kier alpha value is -0.860. The first-order valence-electron chi connectivity index (χ1n) is 5.26. The predicted octanol–water partition coefficient (Wildman–Crippen LogP) is -0.558. The predicted molar refractivity (Wildman–Crippen MR) is 60.4 cm³/mol. The van der Waals surface area contributed by atoms with Crippen molar-refractivity contribution in [2.75, 3.05) is 13.1 Å². The summed E-state index contributed by atoms with van der Waals surface area (Å²) in [5.74, 6) is -0.0561. The summed E-state index contributed by atoms with van der Waals surface area (Å²) in [6, 6.07) is -0.528. The number of hydrogen-bond acceptors (Lipinski definition) is 4. The summed E-state index contributed by atoms with van der Waals surface area (Å²) in [5.41, 5.74) is 5.46. The molecule has 0 aromatic heterocycles. The van der Waals surface area contributed by atoms with E-state index in [1.165, 1.54) is 4.31 Å². The Morgan fingerprint density at radius 2 is 2.38 bits per heavy atom. The lowest BCUT2D eigenvalue weighted by atomic mass is 10.2. The van der Waals surface area contributed by atoms with Crippen LogP contribution >= 0.6 is 0 Å². The maximum atomic E-state index is 11.8. The molecule has 0 spiro atoms. The van der Waals surface area contributed by atoms with E-state index < -0.39 is 16.3 Å². The van der Waals surface area contributed by atoms with Gasteiger partial charge in [-0.15, -0.1) is 0 Å². The molecule has 0 aliphatic carbocycles. The molecular weight excluding hydrogens is 232 g/mol. The highest BCUT2D eigenvalue weighted by molar-refractivity contribution is 7.87. The van der Waals surface area contributed by atoms with Gasteiger partial charge in [-0.05, 0) is 19.3 Å². The largest absolute Gasteiger partial charge is 0.409 e. The van der Waals surface area contributed by atoms with E-state index in [1.54, 1.807) is 0 Å². The van der Waals surface area contributed by atoms with Crippen LogP contribution in [0.2, 0.25) is 0 Å². The number of nitrogens with zero attached hydrogens (tertiary/aromatic N) is 2. The molecule has 0 aromatic carbocycles. The monoisotopic (exact) mass is 250 g/mol. The Morgan fingerprint density at radius 1 is 1.69 bits per heavy atom. The smallest absolute Gasteiger partial charge is 0.280 e. The molecule has 7 nitrogen and oxygen atoms in total. The summed E-state index contributed by atoms with van der Waals surface area (Å²) >= 11 is 0. The zero-order valence-electron chi connectivity index (χ0n) is 9.26. The molecule has 1 heterocycles. The molecule has 0 radical (unpaired) electrons. The second kappa shape index (κ2) is 5.46. The highest BCUT2D eigenvalue weighted by Gasteiger charge is 2.36. The quantitative estimate of drug-likeness (QED) is 0.263. The van der Waals surface area contributed by atoms with Crippen molar-refractivity contribution >= 4 is 16.0 Å². The second-order valence-corrected chi connectivity index (χ2v) is 5.40. The SMILES string of the molecule is CCCNS(=O)(=O)N1CCCC1C(N)=NO. The van der Waals surface area contributed by atoms with Gasteiger partial charge >= 0.3 is 0 Å². The van der Waals surface area contributed by atoms with E-state index in [0.29, 0.717) is 25.9 Å². The van der Waals surface area contributed by atoms with Crippen molar-refractivity contribution in [3.63, 3.8) is 0 Å². The minimum Gasteiger partial charge on any atom is -0.409 e. The first-order valence-corrected chi connectivity index (χ1v) is 6.70. The molecule has 0 aromatic rings. The summed E-state index contributed by atoms with van der Waals surface area (Å²) in [6.45, 7) is 2.68. The van der Waals surface area contributed by atoms with E-state index >= 15 is 0 Å². The van der Waals surface area contributed by atoms with Gasteiger partial charge in [-0.3, -0.25) is 0 Å². The Kier molecular flexibility index (Phi) is 4.51. The first-order chi connectivity index (χ1) is 7.53. The molecule has 1 aliphatic rings. The van der Waals surface area contributed by atoms with Crippen molar-refractivity contribution in [2.24, 2.45) is 10.9 Å². The van der Waals surface area contributed by atoms with E-state index in [2.05, 4.69) is 9.88 Å². The molecule has 1 saturated heterocycles. The number of nitrogens with one attached hydrogen (secondary N) is 1. The van der Waals surface area contributed by atoms with Crippen LogP contribution < -0.4 is 10.5 Å². The molecular formula is C8H18N4O3S. The fourth-order valence-corrected chi connectivity index (χ4v) is 3.25. The highest BCUT2D eigenvalue weighted by atomic mass is 32.2. The Bertz CT molecular complexity index is 354. The average Bonchev–Trinajstić information content (AvgIpc) is 2.75. The minimum atomic E-state index is -3.52. The van der Waals surface area contributed by atoms with Gasteiger partial charge in [-0.25, -0.2) is 4.72 Å². The molecule has 0 saturated carbocycles. The minimum absolute atomic E-state index is 0.0561. The third-order valence-corrected chi connectivity index (χ3v) is 4.13. The van der Waals surface area contributed by atoms with Crippen molar-refractivity contribution in [3.8, 4) is 0 Å². The molecule has 1 rings (SSSR count). The number of hydrogen-bond donors (Lipinski definition) is 3. The van der Waals surface area contributed by atoms with Gasteiger partial charge in [0.1, 0.15) is 0 Å². The average molecular weight is 250 g/mol. The van der Waals surface area contributed by atoms with Gasteiger partial charge in [0.2, 0.25) is 0 Å².